The highest BCUT2D eigenvalue weighted by molar-refractivity contribution is 6.05. The third-order valence-corrected chi connectivity index (χ3v) is 4.39. The Bertz CT molecular complexity index is 892. The fourth-order valence-corrected chi connectivity index (χ4v) is 2.95. The zero-order valence-electron chi connectivity index (χ0n) is 14.1. The Hall–Kier alpha value is -2.76. The number of ether oxygens (including phenoxy) is 1. The summed E-state index contributed by atoms with van der Waals surface area (Å²) < 4.78 is 9.62. The first-order valence-corrected chi connectivity index (χ1v) is 7.92. The molecule has 0 saturated heterocycles. The maximum atomic E-state index is 11.5. The Labute approximate surface area is 140 Å². The molecule has 2 heterocycles. The number of benzene rings is 1. The fraction of sp³-hybridized carbons (Fsp3) is 0.333. The van der Waals surface area contributed by atoms with Crippen LogP contribution in [0.5, 0.6) is 5.75 Å². The lowest BCUT2D eigenvalue weighted by atomic mass is 10.1. The van der Waals surface area contributed by atoms with Crippen LogP contribution in [0.4, 0.5) is 0 Å². The van der Waals surface area contributed by atoms with Crippen molar-refractivity contribution in [1.29, 1.82) is 0 Å². The van der Waals surface area contributed by atoms with Gasteiger partial charge in [0.15, 0.2) is 0 Å². The van der Waals surface area contributed by atoms with Crippen molar-refractivity contribution in [2.24, 2.45) is 7.05 Å². The highest BCUT2D eigenvalue weighted by atomic mass is 16.5. The van der Waals surface area contributed by atoms with Crippen LogP contribution in [0.1, 0.15) is 28.2 Å². The van der Waals surface area contributed by atoms with Gasteiger partial charge in [0.2, 0.25) is 0 Å². The number of aromatic carboxylic acids is 1. The van der Waals surface area contributed by atoms with Gasteiger partial charge in [0, 0.05) is 48.5 Å². The molecule has 0 aliphatic carbocycles. The number of aromatic nitrogens is 3. The van der Waals surface area contributed by atoms with Gasteiger partial charge in [0.25, 0.3) is 0 Å². The molecule has 1 aromatic carbocycles. The second-order valence-corrected chi connectivity index (χ2v) is 5.90. The van der Waals surface area contributed by atoms with E-state index >= 15 is 0 Å². The topological polar surface area (TPSA) is 69.3 Å². The van der Waals surface area contributed by atoms with Crippen LogP contribution in [-0.2, 0) is 13.6 Å². The minimum absolute atomic E-state index is 0.338. The highest BCUT2D eigenvalue weighted by Gasteiger charge is 2.18. The molecule has 0 bridgehead atoms. The first kappa shape index (κ1) is 16.1. The van der Waals surface area contributed by atoms with E-state index in [1.54, 1.807) is 6.20 Å². The Morgan fingerprint density at radius 2 is 2.08 bits per heavy atom. The number of carboxylic acids is 1. The van der Waals surface area contributed by atoms with Crippen molar-refractivity contribution in [3.05, 3.63) is 47.4 Å². The van der Waals surface area contributed by atoms with Crippen LogP contribution in [0.2, 0.25) is 0 Å². The van der Waals surface area contributed by atoms with Crippen LogP contribution < -0.4 is 4.74 Å². The standard InChI is InChI=1S/C18H21N3O3/c1-12-7-8-19-21(12)9-4-10-24-14-5-6-16-15(11-14)17(18(22)23)13(2)20(16)3/h5-8,11H,4,9-10H2,1-3H3,(H,22,23). The van der Waals surface area contributed by atoms with Crippen LogP contribution in [0.15, 0.2) is 30.5 Å². The van der Waals surface area contributed by atoms with Crippen molar-refractivity contribution in [3.63, 3.8) is 0 Å². The third-order valence-electron chi connectivity index (χ3n) is 4.39. The summed E-state index contributed by atoms with van der Waals surface area (Å²) in [6, 6.07) is 7.57. The summed E-state index contributed by atoms with van der Waals surface area (Å²) in [5, 5.41) is 14.4. The molecule has 0 saturated carbocycles. The van der Waals surface area contributed by atoms with Crippen LogP contribution in [0.25, 0.3) is 10.9 Å². The van der Waals surface area contributed by atoms with Crippen molar-refractivity contribution >= 4 is 16.9 Å². The van der Waals surface area contributed by atoms with Gasteiger partial charge < -0.3 is 14.4 Å². The average Bonchev–Trinajstić information content (AvgIpc) is 3.06. The van der Waals surface area contributed by atoms with Gasteiger partial charge in [-0.25, -0.2) is 4.79 Å². The van der Waals surface area contributed by atoms with Gasteiger partial charge >= 0.3 is 5.97 Å². The smallest absolute Gasteiger partial charge is 0.338 e. The lowest BCUT2D eigenvalue weighted by Crippen LogP contribution is -2.07. The van der Waals surface area contributed by atoms with Crippen LogP contribution >= 0.6 is 0 Å². The Kier molecular flexibility index (Phi) is 4.29. The van der Waals surface area contributed by atoms with Crippen molar-refractivity contribution in [3.8, 4) is 5.75 Å². The molecule has 3 aromatic rings. The number of hydrogen-bond donors (Lipinski definition) is 1. The molecule has 24 heavy (non-hydrogen) atoms. The van der Waals surface area contributed by atoms with Crippen molar-refractivity contribution in [2.75, 3.05) is 6.61 Å². The van der Waals surface area contributed by atoms with E-state index in [0.29, 0.717) is 23.3 Å². The number of fused-ring (bicyclic) bond motifs is 1. The van der Waals surface area contributed by atoms with Gasteiger partial charge in [0.05, 0.1) is 12.2 Å². The predicted molar refractivity (Wildman–Crippen MR) is 91.7 cm³/mol. The Morgan fingerprint density at radius 3 is 2.75 bits per heavy atom. The summed E-state index contributed by atoms with van der Waals surface area (Å²) in [5.41, 5.74) is 3.10. The SMILES string of the molecule is Cc1ccnn1CCCOc1ccc2c(c1)c(C(=O)O)c(C)n2C. The molecule has 0 amide bonds. The van der Waals surface area contributed by atoms with E-state index in [0.717, 1.165) is 29.9 Å². The molecule has 126 valence electrons. The molecular formula is C18H21N3O3. The summed E-state index contributed by atoms with van der Waals surface area (Å²) in [6.45, 7) is 5.19. The molecule has 0 spiro atoms. The van der Waals surface area contributed by atoms with E-state index < -0.39 is 5.97 Å². The fourth-order valence-electron chi connectivity index (χ4n) is 2.95. The first-order valence-electron chi connectivity index (χ1n) is 7.92. The quantitative estimate of drug-likeness (QED) is 0.706. The Balaban J connectivity index is 1.72. The van der Waals surface area contributed by atoms with Gasteiger partial charge in [-0.2, -0.15) is 5.10 Å². The van der Waals surface area contributed by atoms with E-state index in [1.807, 2.05) is 54.4 Å². The molecule has 3 rings (SSSR count). The molecule has 0 radical (unpaired) electrons. The molecular weight excluding hydrogens is 306 g/mol. The summed E-state index contributed by atoms with van der Waals surface area (Å²) >= 11 is 0. The minimum atomic E-state index is -0.913. The zero-order chi connectivity index (χ0) is 17.3. The summed E-state index contributed by atoms with van der Waals surface area (Å²) in [6.07, 6.45) is 2.62. The number of carbonyl (C=O) groups is 1. The normalized spacial score (nSPS) is 11.1. The molecule has 2 aromatic heterocycles. The molecule has 6 heteroatoms. The largest absolute Gasteiger partial charge is 0.494 e. The van der Waals surface area contributed by atoms with Gasteiger partial charge in [0.1, 0.15) is 5.75 Å². The van der Waals surface area contributed by atoms with E-state index in [-0.39, 0.29) is 0 Å². The molecule has 1 N–H and O–H groups in total. The van der Waals surface area contributed by atoms with Crippen LogP contribution in [-0.4, -0.2) is 32.0 Å². The molecule has 0 aliphatic heterocycles. The average molecular weight is 327 g/mol. The second-order valence-electron chi connectivity index (χ2n) is 5.90. The predicted octanol–water partition coefficient (Wildman–Crippen LogP) is 3.16. The molecule has 6 nitrogen and oxygen atoms in total. The summed E-state index contributed by atoms with van der Waals surface area (Å²) in [5.74, 6) is -0.225. The van der Waals surface area contributed by atoms with Gasteiger partial charge in [-0.3, -0.25) is 4.68 Å². The summed E-state index contributed by atoms with van der Waals surface area (Å²) in [4.78, 5) is 11.5. The first-order chi connectivity index (χ1) is 11.5. The van der Waals surface area contributed by atoms with Gasteiger partial charge in [-0.15, -0.1) is 0 Å². The van der Waals surface area contributed by atoms with E-state index in [1.165, 1.54) is 0 Å². The number of carboxylic acid groups (broad SMARTS) is 1. The van der Waals surface area contributed by atoms with Gasteiger partial charge in [-0.1, -0.05) is 0 Å². The number of hydrogen-bond acceptors (Lipinski definition) is 3. The van der Waals surface area contributed by atoms with Gasteiger partial charge in [-0.05, 0) is 38.1 Å². The van der Waals surface area contributed by atoms with Crippen molar-refractivity contribution < 1.29 is 14.6 Å². The van der Waals surface area contributed by atoms with Crippen LogP contribution in [0, 0.1) is 13.8 Å². The molecule has 0 aliphatic rings. The zero-order valence-corrected chi connectivity index (χ0v) is 14.1. The minimum Gasteiger partial charge on any atom is -0.494 e. The maximum Gasteiger partial charge on any atom is 0.338 e. The van der Waals surface area contributed by atoms with Crippen molar-refractivity contribution in [2.45, 2.75) is 26.8 Å². The summed E-state index contributed by atoms with van der Waals surface area (Å²) in [7, 11) is 1.87. The van der Waals surface area contributed by atoms with E-state index in [9.17, 15) is 9.90 Å². The number of aryl methyl sites for hydroxylation is 3. The highest BCUT2D eigenvalue weighted by Crippen LogP contribution is 2.28. The van der Waals surface area contributed by atoms with Crippen LogP contribution in [0.3, 0.4) is 0 Å². The lowest BCUT2D eigenvalue weighted by molar-refractivity contribution is 0.0698. The Morgan fingerprint density at radius 1 is 1.29 bits per heavy atom. The number of rotatable bonds is 6. The third kappa shape index (κ3) is 2.87. The maximum absolute atomic E-state index is 11.5. The van der Waals surface area contributed by atoms with E-state index in [4.69, 9.17) is 4.74 Å². The van der Waals surface area contributed by atoms with Crippen molar-refractivity contribution in [1.82, 2.24) is 14.3 Å². The van der Waals surface area contributed by atoms with E-state index in [2.05, 4.69) is 5.10 Å². The lowest BCUT2D eigenvalue weighted by Gasteiger charge is -2.08. The molecule has 0 atom stereocenters. The number of nitrogens with zero attached hydrogens (tertiary/aromatic N) is 3. The molecule has 0 unspecified atom stereocenters. The molecule has 0 fully saturated rings. The monoisotopic (exact) mass is 327 g/mol. The second kappa shape index (κ2) is 6.39.